The van der Waals surface area contributed by atoms with E-state index in [2.05, 4.69) is 10.2 Å². The van der Waals surface area contributed by atoms with Crippen molar-refractivity contribution in [1.82, 2.24) is 10.2 Å². The smallest absolute Gasteiger partial charge is 0.290 e. The Morgan fingerprint density at radius 2 is 2.05 bits per heavy atom. The van der Waals surface area contributed by atoms with Gasteiger partial charge in [-0.3, -0.25) is 4.79 Å². The Hall–Kier alpha value is -2.02. The Labute approximate surface area is 138 Å². The number of rotatable bonds is 3. The van der Waals surface area contributed by atoms with Gasteiger partial charge in [-0.2, -0.15) is 11.3 Å². The molecule has 0 N–H and O–H groups in total. The van der Waals surface area contributed by atoms with E-state index in [1.165, 1.54) is 22.7 Å². The summed E-state index contributed by atoms with van der Waals surface area (Å²) >= 11 is 9.16. The molecule has 108 valence electrons. The zero-order valence-electron chi connectivity index (χ0n) is 10.9. The van der Waals surface area contributed by atoms with Crippen molar-refractivity contribution >= 4 is 50.1 Å². The SMILES string of the molecule is O=C(c1nnc(-c2ccsc2)o1)c1sc2ccccc2c1Cl. The molecule has 0 aliphatic heterocycles. The van der Waals surface area contributed by atoms with Gasteiger partial charge in [0.05, 0.1) is 5.02 Å². The van der Waals surface area contributed by atoms with Crippen molar-refractivity contribution in [2.75, 3.05) is 0 Å². The minimum Gasteiger partial charge on any atom is -0.413 e. The van der Waals surface area contributed by atoms with E-state index in [-0.39, 0.29) is 11.7 Å². The maximum absolute atomic E-state index is 12.6. The van der Waals surface area contributed by atoms with E-state index in [9.17, 15) is 4.79 Å². The molecule has 0 aliphatic rings. The second kappa shape index (κ2) is 5.31. The third kappa shape index (κ3) is 2.16. The molecule has 0 bridgehead atoms. The molecular weight excluding hydrogens is 340 g/mol. The first-order chi connectivity index (χ1) is 10.7. The van der Waals surface area contributed by atoms with Crippen LogP contribution in [0.1, 0.15) is 15.6 Å². The second-order valence-electron chi connectivity index (χ2n) is 4.49. The molecule has 0 unspecified atom stereocenters. The average molecular weight is 347 g/mol. The molecular formula is C15H7ClN2O2S2. The van der Waals surface area contributed by atoms with Crippen LogP contribution in [-0.4, -0.2) is 16.0 Å². The summed E-state index contributed by atoms with van der Waals surface area (Å²) in [4.78, 5) is 13.0. The Morgan fingerprint density at radius 3 is 2.82 bits per heavy atom. The van der Waals surface area contributed by atoms with Gasteiger partial charge in [0.1, 0.15) is 4.88 Å². The number of benzene rings is 1. The number of hydrogen-bond acceptors (Lipinski definition) is 6. The minimum absolute atomic E-state index is 0.0466. The molecule has 7 heteroatoms. The van der Waals surface area contributed by atoms with Crippen LogP contribution in [0.3, 0.4) is 0 Å². The lowest BCUT2D eigenvalue weighted by Crippen LogP contribution is -1.99. The minimum atomic E-state index is -0.347. The summed E-state index contributed by atoms with van der Waals surface area (Å²) in [6, 6.07) is 9.46. The Balaban J connectivity index is 1.76. The number of thiophene rings is 2. The molecule has 0 radical (unpaired) electrons. The van der Waals surface area contributed by atoms with Crippen molar-refractivity contribution in [3.63, 3.8) is 0 Å². The van der Waals surface area contributed by atoms with Crippen molar-refractivity contribution in [3.8, 4) is 11.5 Å². The molecule has 1 aromatic carbocycles. The van der Waals surface area contributed by atoms with Crippen LogP contribution in [0.2, 0.25) is 5.02 Å². The number of hydrogen-bond donors (Lipinski definition) is 0. The highest BCUT2D eigenvalue weighted by atomic mass is 35.5. The first kappa shape index (κ1) is 13.6. The van der Waals surface area contributed by atoms with Crippen LogP contribution in [-0.2, 0) is 0 Å². The number of nitrogens with zero attached hydrogens (tertiary/aromatic N) is 2. The van der Waals surface area contributed by atoms with Gasteiger partial charge in [-0.15, -0.1) is 21.5 Å². The fraction of sp³-hybridized carbons (Fsp3) is 0. The summed E-state index contributed by atoms with van der Waals surface area (Å²) in [5.41, 5.74) is 0.805. The summed E-state index contributed by atoms with van der Waals surface area (Å²) in [5, 5.41) is 12.8. The predicted octanol–water partition coefficient (Wildman–Crippen LogP) is 4.90. The molecule has 0 saturated heterocycles. The molecule has 3 heterocycles. The van der Waals surface area contributed by atoms with E-state index in [1.54, 1.807) is 0 Å². The molecule has 3 aromatic heterocycles. The van der Waals surface area contributed by atoms with E-state index < -0.39 is 0 Å². The molecule has 0 saturated carbocycles. The van der Waals surface area contributed by atoms with Gasteiger partial charge in [0.15, 0.2) is 0 Å². The summed E-state index contributed by atoms with van der Waals surface area (Å²) < 4.78 is 6.43. The van der Waals surface area contributed by atoms with E-state index in [4.69, 9.17) is 16.0 Å². The van der Waals surface area contributed by atoms with Crippen molar-refractivity contribution < 1.29 is 9.21 Å². The third-order valence-electron chi connectivity index (χ3n) is 3.13. The molecule has 22 heavy (non-hydrogen) atoms. The van der Waals surface area contributed by atoms with Crippen LogP contribution in [0.15, 0.2) is 45.5 Å². The lowest BCUT2D eigenvalue weighted by Gasteiger charge is -1.92. The maximum Gasteiger partial charge on any atom is 0.290 e. The van der Waals surface area contributed by atoms with Crippen LogP contribution in [0.4, 0.5) is 0 Å². The van der Waals surface area contributed by atoms with Crippen LogP contribution in [0.5, 0.6) is 0 Å². The number of carbonyl (C=O) groups excluding carboxylic acids is 1. The van der Waals surface area contributed by atoms with Crippen molar-refractivity contribution in [1.29, 1.82) is 0 Å². The van der Waals surface area contributed by atoms with Crippen molar-refractivity contribution in [2.24, 2.45) is 0 Å². The molecule has 0 amide bonds. The van der Waals surface area contributed by atoms with Gasteiger partial charge in [0.25, 0.3) is 11.7 Å². The molecule has 4 aromatic rings. The van der Waals surface area contributed by atoms with Gasteiger partial charge in [0.2, 0.25) is 5.89 Å². The fourth-order valence-corrected chi connectivity index (χ4v) is 4.15. The predicted molar refractivity (Wildman–Crippen MR) is 87.9 cm³/mol. The van der Waals surface area contributed by atoms with Gasteiger partial charge >= 0.3 is 0 Å². The summed E-state index contributed by atoms with van der Waals surface area (Å²) in [7, 11) is 0. The number of ketones is 1. The van der Waals surface area contributed by atoms with Gasteiger partial charge < -0.3 is 4.42 Å². The van der Waals surface area contributed by atoms with Crippen molar-refractivity contribution in [3.05, 3.63) is 56.9 Å². The quantitative estimate of drug-likeness (QED) is 0.495. The topological polar surface area (TPSA) is 56.0 Å². The highest BCUT2D eigenvalue weighted by Gasteiger charge is 2.23. The van der Waals surface area contributed by atoms with E-state index in [1.807, 2.05) is 41.1 Å². The maximum atomic E-state index is 12.6. The number of halogens is 1. The van der Waals surface area contributed by atoms with Crippen LogP contribution >= 0.6 is 34.3 Å². The standard InChI is InChI=1S/C15H7ClN2O2S2/c16-11-9-3-1-2-4-10(9)22-13(11)12(19)15-18-17-14(20-15)8-5-6-21-7-8/h1-7H. The highest BCUT2D eigenvalue weighted by molar-refractivity contribution is 7.21. The monoisotopic (exact) mass is 346 g/mol. The Bertz CT molecular complexity index is 973. The Morgan fingerprint density at radius 1 is 1.18 bits per heavy atom. The molecule has 0 aliphatic carbocycles. The highest BCUT2D eigenvalue weighted by Crippen LogP contribution is 2.36. The zero-order valence-corrected chi connectivity index (χ0v) is 13.3. The molecule has 4 nitrogen and oxygen atoms in total. The fourth-order valence-electron chi connectivity index (χ4n) is 2.07. The summed E-state index contributed by atoms with van der Waals surface area (Å²) in [5.74, 6) is -0.0586. The van der Waals surface area contributed by atoms with Crippen LogP contribution in [0.25, 0.3) is 21.5 Å². The summed E-state index contributed by atoms with van der Waals surface area (Å²) in [6.07, 6.45) is 0. The van der Waals surface area contributed by atoms with Crippen LogP contribution in [0, 0.1) is 0 Å². The normalized spacial score (nSPS) is 11.1. The lowest BCUT2D eigenvalue weighted by atomic mass is 10.2. The zero-order chi connectivity index (χ0) is 15.1. The number of aromatic nitrogens is 2. The van der Waals surface area contributed by atoms with Gasteiger partial charge in [-0.1, -0.05) is 29.8 Å². The third-order valence-corrected chi connectivity index (χ3v) is 5.49. The van der Waals surface area contributed by atoms with E-state index in [0.717, 1.165) is 15.6 Å². The first-order valence-electron chi connectivity index (χ1n) is 6.32. The van der Waals surface area contributed by atoms with Gasteiger partial charge in [0, 0.05) is 21.0 Å². The molecule has 0 atom stereocenters. The largest absolute Gasteiger partial charge is 0.413 e. The van der Waals surface area contributed by atoms with Crippen molar-refractivity contribution in [2.45, 2.75) is 0 Å². The van der Waals surface area contributed by atoms with Gasteiger partial charge in [-0.25, -0.2) is 0 Å². The van der Waals surface area contributed by atoms with Gasteiger partial charge in [-0.05, 0) is 17.5 Å². The second-order valence-corrected chi connectivity index (χ2v) is 6.71. The van der Waals surface area contributed by atoms with E-state index in [0.29, 0.717) is 15.8 Å². The Kier molecular flexibility index (Phi) is 3.29. The lowest BCUT2D eigenvalue weighted by molar-refractivity contribution is 0.101. The molecule has 4 rings (SSSR count). The number of fused-ring (bicyclic) bond motifs is 1. The molecule has 0 fully saturated rings. The summed E-state index contributed by atoms with van der Waals surface area (Å²) in [6.45, 7) is 0. The average Bonchev–Trinajstić information content (AvgIpc) is 3.26. The van der Waals surface area contributed by atoms with E-state index >= 15 is 0 Å². The van der Waals surface area contributed by atoms with Crippen LogP contribution < -0.4 is 0 Å². The molecule has 0 spiro atoms. The number of carbonyl (C=O) groups is 1. The first-order valence-corrected chi connectivity index (χ1v) is 8.45.